The molecule has 0 spiro atoms. The van der Waals surface area contributed by atoms with Crippen molar-refractivity contribution in [3.05, 3.63) is 0 Å². The van der Waals surface area contributed by atoms with Gasteiger partial charge in [0.05, 0.1) is 12.2 Å². The highest BCUT2D eigenvalue weighted by molar-refractivity contribution is 5.68. The Labute approximate surface area is 115 Å². The van der Waals surface area contributed by atoms with Gasteiger partial charge in [-0.3, -0.25) is 0 Å². The first-order valence-electron chi connectivity index (χ1n) is 6.96. The Balaban J connectivity index is 2.66. The molecule has 1 aliphatic rings. The van der Waals surface area contributed by atoms with Crippen molar-refractivity contribution in [2.24, 2.45) is 11.8 Å². The highest BCUT2D eigenvalue weighted by atomic mass is 16.6. The second kappa shape index (κ2) is 6.09. The number of ether oxygens (including phenoxy) is 1. The Hall–Kier alpha value is -0.810. The molecular formula is C14H27NO4. The van der Waals surface area contributed by atoms with E-state index >= 15 is 0 Å². The average molecular weight is 273 g/mol. The third kappa shape index (κ3) is 4.66. The molecule has 5 heteroatoms. The largest absolute Gasteiger partial charge is 0.444 e. The number of nitrogens with zero attached hydrogens (tertiary/aromatic N) is 1. The number of carbonyl (C=O) groups excluding carboxylic acids is 1. The van der Waals surface area contributed by atoms with E-state index in [0.29, 0.717) is 19.5 Å². The Morgan fingerprint density at radius 1 is 1.37 bits per heavy atom. The normalized spacial score (nSPS) is 27.8. The minimum Gasteiger partial charge on any atom is -0.444 e. The van der Waals surface area contributed by atoms with E-state index < -0.39 is 17.8 Å². The number of aliphatic hydroxyl groups excluding tert-OH is 2. The van der Waals surface area contributed by atoms with Crippen molar-refractivity contribution in [2.75, 3.05) is 13.1 Å². The zero-order valence-corrected chi connectivity index (χ0v) is 12.6. The molecule has 2 N–H and O–H groups in total. The van der Waals surface area contributed by atoms with E-state index in [-0.39, 0.29) is 17.9 Å². The molecule has 5 nitrogen and oxygen atoms in total. The lowest BCUT2D eigenvalue weighted by molar-refractivity contribution is -0.0388. The van der Waals surface area contributed by atoms with Gasteiger partial charge < -0.3 is 19.8 Å². The van der Waals surface area contributed by atoms with Crippen LogP contribution in [0.25, 0.3) is 0 Å². The molecule has 0 aromatic carbocycles. The van der Waals surface area contributed by atoms with E-state index in [2.05, 4.69) is 0 Å². The first kappa shape index (κ1) is 16.2. The summed E-state index contributed by atoms with van der Waals surface area (Å²) in [5.41, 5.74) is -0.515. The highest BCUT2D eigenvalue weighted by Crippen LogP contribution is 2.27. The number of hydrogen-bond acceptors (Lipinski definition) is 4. The van der Waals surface area contributed by atoms with Gasteiger partial charge in [-0.15, -0.1) is 0 Å². The van der Waals surface area contributed by atoms with Crippen molar-refractivity contribution in [2.45, 2.75) is 58.8 Å². The predicted molar refractivity (Wildman–Crippen MR) is 72.8 cm³/mol. The standard InChI is InChI=1S/C14H27NO4/c1-9(10(2)16)11-8-15(7-6-12(11)17)13(18)19-14(3,4)5/h9-12,16-17H,6-8H2,1-5H3. The molecule has 0 aromatic rings. The molecule has 1 rings (SSSR count). The molecule has 1 heterocycles. The monoisotopic (exact) mass is 273 g/mol. The SMILES string of the molecule is CC(O)C(C)C1CN(C(=O)OC(C)(C)C)CCC1O. The lowest BCUT2D eigenvalue weighted by Crippen LogP contribution is -2.50. The summed E-state index contributed by atoms with van der Waals surface area (Å²) in [5, 5.41) is 19.7. The van der Waals surface area contributed by atoms with Gasteiger partial charge >= 0.3 is 6.09 Å². The smallest absolute Gasteiger partial charge is 0.410 e. The van der Waals surface area contributed by atoms with Crippen LogP contribution in [0.3, 0.4) is 0 Å². The highest BCUT2D eigenvalue weighted by Gasteiger charge is 2.36. The molecule has 1 saturated heterocycles. The van der Waals surface area contributed by atoms with Crippen LogP contribution in [0.4, 0.5) is 4.79 Å². The minimum absolute atomic E-state index is 0.0553. The van der Waals surface area contributed by atoms with Crippen molar-refractivity contribution in [3.63, 3.8) is 0 Å². The van der Waals surface area contributed by atoms with Gasteiger partial charge in [-0.2, -0.15) is 0 Å². The van der Waals surface area contributed by atoms with Gasteiger partial charge in [0.15, 0.2) is 0 Å². The van der Waals surface area contributed by atoms with Gasteiger partial charge in [0.2, 0.25) is 0 Å². The number of amides is 1. The first-order valence-corrected chi connectivity index (χ1v) is 6.96. The van der Waals surface area contributed by atoms with Gasteiger partial charge in [-0.1, -0.05) is 6.92 Å². The summed E-state index contributed by atoms with van der Waals surface area (Å²) < 4.78 is 5.34. The Kier molecular flexibility index (Phi) is 5.21. The van der Waals surface area contributed by atoms with Crippen LogP contribution in [0, 0.1) is 11.8 Å². The Bertz CT molecular complexity index is 311. The van der Waals surface area contributed by atoms with Crippen molar-refractivity contribution in [1.82, 2.24) is 4.90 Å². The molecule has 4 unspecified atom stereocenters. The van der Waals surface area contributed by atoms with E-state index in [1.165, 1.54) is 0 Å². The summed E-state index contributed by atoms with van der Waals surface area (Å²) in [6.45, 7) is 10.0. The number of rotatable bonds is 2. The summed E-state index contributed by atoms with van der Waals surface area (Å²) in [5.74, 6) is -0.165. The van der Waals surface area contributed by atoms with Crippen LogP contribution in [-0.2, 0) is 4.74 Å². The van der Waals surface area contributed by atoms with Crippen LogP contribution in [0.1, 0.15) is 41.0 Å². The summed E-state index contributed by atoms with van der Waals surface area (Å²) in [7, 11) is 0. The quantitative estimate of drug-likeness (QED) is 0.802. The van der Waals surface area contributed by atoms with Crippen molar-refractivity contribution in [1.29, 1.82) is 0 Å². The summed E-state index contributed by atoms with van der Waals surface area (Å²) >= 11 is 0. The maximum atomic E-state index is 12.0. The lowest BCUT2D eigenvalue weighted by Gasteiger charge is -2.40. The van der Waals surface area contributed by atoms with Crippen LogP contribution in [0.15, 0.2) is 0 Å². The van der Waals surface area contributed by atoms with Gasteiger partial charge in [0.1, 0.15) is 5.60 Å². The van der Waals surface area contributed by atoms with Crippen LogP contribution in [-0.4, -0.2) is 52.1 Å². The zero-order chi connectivity index (χ0) is 14.8. The van der Waals surface area contributed by atoms with Crippen LogP contribution < -0.4 is 0 Å². The fourth-order valence-electron chi connectivity index (χ4n) is 2.34. The van der Waals surface area contributed by atoms with Crippen molar-refractivity contribution in [3.8, 4) is 0 Å². The van der Waals surface area contributed by atoms with E-state index in [9.17, 15) is 15.0 Å². The van der Waals surface area contributed by atoms with Gasteiger partial charge in [0.25, 0.3) is 0 Å². The number of piperidine rings is 1. The summed E-state index contributed by atoms with van der Waals surface area (Å²) in [6.07, 6.45) is -0.787. The Morgan fingerprint density at radius 3 is 2.42 bits per heavy atom. The number of carbonyl (C=O) groups is 1. The molecule has 4 atom stereocenters. The first-order chi connectivity index (χ1) is 8.61. The van der Waals surface area contributed by atoms with Gasteiger partial charge in [-0.05, 0) is 40.0 Å². The number of aliphatic hydroxyl groups is 2. The molecule has 1 amide bonds. The van der Waals surface area contributed by atoms with Crippen molar-refractivity contribution >= 4 is 6.09 Å². The van der Waals surface area contributed by atoms with E-state index in [1.807, 2.05) is 27.7 Å². The zero-order valence-electron chi connectivity index (χ0n) is 12.6. The average Bonchev–Trinajstić information content (AvgIpc) is 2.26. The number of likely N-dealkylation sites (tertiary alicyclic amines) is 1. The summed E-state index contributed by atoms with van der Waals surface area (Å²) in [6, 6.07) is 0. The third-order valence-corrected chi connectivity index (χ3v) is 3.71. The lowest BCUT2D eigenvalue weighted by atomic mass is 9.82. The fraction of sp³-hybridized carbons (Fsp3) is 0.929. The second-order valence-electron chi connectivity index (χ2n) is 6.55. The van der Waals surface area contributed by atoms with E-state index in [0.717, 1.165) is 0 Å². The molecule has 0 saturated carbocycles. The molecule has 112 valence electrons. The summed E-state index contributed by atoms with van der Waals surface area (Å²) in [4.78, 5) is 13.6. The second-order valence-corrected chi connectivity index (χ2v) is 6.55. The molecule has 19 heavy (non-hydrogen) atoms. The molecule has 0 aromatic heterocycles. The Morgan fingerprint density at radius 2 is 1.95 bits per heavy atom. The fourth-order valence-corrected chi connectivity index (χ4v) is 2.34. The minimum atomic E-state index is -0.515. The van der Waals surface area contributed by atoms with E-state index in [1.54, 1.807) is 11.8 Å². The predicted octanol–water partition coefficient (Wildman–Crippen LogP) is 1.62. The van der Waals surface area contributed by atoms with Crippen molar-refractivity contribution < 1.29 is 19.7 Å². The van der Waals surface area contributed by atoms with Gasteiger partial charge in [0, 0.05) is 19.0 Å². The molecule has 0 aliphatic carbocycles. The topological polar surface area (TPSA) is 70.0 Å². The maximum absolute atomic E-state index is 12.0. The van der Waals surface area contributed by atoms with Crippen LogP contribution in [0.5, 0.6) is 0 Å². The molecular weight excluding hydrogens is 246 g/mol. The van der Waals surface area contributed by atoms with Crippen LogP contribution >= 0.6 is 0 Å². The number of hydrogen-bond donors (Lipinski definition) is 2. The molecule has 0 radical (unpaired) electrons. The van der Waals surface area contributed by atoms with Crippen LogP contribution in [0.2, 0.25) is 0 Å². The van der Waals surface area contributed by atoms with Gasteiger partial charge in [-0.25, -0.2) is 4.79 Å². The molecule has 1 aliphatic heterocycles. The molecule has 0 bridgehead atoms. The molecule has 1 fully saturated rings. The maximum Gasteiger partial charge on any atom is 0.410 e. The van der Waals surface area contributed by atoms with E-state index in [4.69, 9.17) is 4.74 Å². The third-order valence-electron chi connectivity index (χ3n) is 3.71.